The molecule has 0 radical (unpaired) electrons. The highest BCUT2D eigenvalue weighted by atomic mass is 127. The maximum Gasteiger partial charge on any atom is 0.344 e. The number of halogens is 2. The molecule has 0 spiro atoms. The van der Waals surface area contributed by atoms with Crippen molar-refractivity contribution >= 4 is 46.2 Å². The molecule has 2 aromatic carbocycles. The van der Waals surface area contributed by atoms with Crippen molar-refractivity contribution < 1.29 is 9.53 Å². The lowest BCUT2D eigenvalue weighted by Gasteiger charge is -1.99. The third kappa shape index (κ3) is 6.60. The van der Waals surface area contributed by atoms with E-state index >= 15 is 0 Å². The van der Waals surface area contributed by atoms with Crippen molar-refractivity contribution in [1.82, 2.24) is 0 Å². The van der Waals surface area contributed by atoms with Crippen LogP contribution in [0.5, 0.6) is 0 Å². The number of hydrogen-bond acceptors (Lipinski definition) is 2. The number of carbonyl (C=O) groups excluding carboxylic acids is 1. The van der Waals surface area contributed by atoms with Gasteiger partial charge in [-0.25, -0.2) is 4.79 Å². The lowest BCUT2D eigenvalue weighted by molar-refractivity contribution is 0.0664. The molecule has 0 aliphatic rings. The van der Waals surface area contributed by atoms with E-state index in [0.717, 1.165) is 6.26 Å². The van der Waals surface area contributed by atoms with E-state index in [0.29, 0.717) is 10.6 Å². The molecule has 0 atom stereocenters. The Balaban J connectivity index is 0.000000219. The summed E-state index contributed by atoms with van der Waals surface area (Å²) in [4.78, 5) is 11.1. The number of esters is 1. The Labute approximate surface area is 143 Å². The minimum Gasteiger partial charge on any atom is -0.431 e. The molecule has 0 aliphatic carbocycles. The largest absolute Gasteiger partial charge is 0.431 e. The smallest absolute Gasteiger partial charge is 0.344 e. The van der Waals surface area contributed by atoms with E-state index in [1.165, 1.54) is 5.56 Å². The fourth-order valence-corrected chi connectivity index (χ4v) is 2.03. The topological polar surface area (TPSA) is 26.3 Å². The van der Waals surface area contributed by atoms with Crippen LogP contribution in [-0.2, 0) is 4.74 Å². The molecule has 2 aromatic rings. The maximum atomic E-state index is 11.1. The maximum absolute atomic E-state index is 11.1. The summed E-state index contributed by atoms with van der Waals surface area (Å²) < 4.78 is 6.56. The molecule has 0 bridgehead atoms. The van der Waals surface area contributed by atoms with Crippen LogP contribution in [0.4, 0.5) is 0 Å². The Morgan fingerprint density at radius 2 is 1.71 bits per heavy atom. The van der Waals surface area contributed by atoms with Crippen LogP contribution in [0, 0.1) is 0 Å². The van der Waals surface area contributed by atoms with Crippen LogP contribution in [0.15, 0.2) is 71.5 Å². The summed E-state index contributed by atoms with van der Waals surface area (Å²) in [7, 11) is 0. The van der Waals surface area contributed by atoms with Gasteiger partial charge in [0.05, 0.1) is 16.8 Å². The molecule has 0 unspecified atom stereocenters. The molecule has 0 saturated carbocycles. The van der Waals surface area contributed by atoms with Crippen molar-refractivity contribution in [2.24, 2.45) is 0 Å². The number of ether oxygens (including phenoxy) is 1. The van der Waals surface area contributed by atoms with Crippen molar-refractivity contribution in [3.8, 4) is 0 Å². The zero-order valence-corrected chi connectivity index (χ0v) is 14.1. The summed E-state index contributed by atoms with van der Waals surface area (Å²) in [5.74, 6) is -0.490. The van der Waals surface area contributed by atoms with E-state index in [9.17, 15) is 4.79 Å². The van der Waals surface area contributed by atoms with Gasteiger partial charge in [0.1, 0.15) is 0 Å². The van der Waals surface area contributed by atoms with Gasteiger partial charge in [0, 0.05) is 0 Å². The Morgan fingerprint density at radius 3 is 2.29 bits per heavy atom. The third-order valence-electron chi connectivity index (χ3n) is 2.34. The molecule has 2 rings (SSSR count). The molecular formula is C17H14ClIO2. The van der Waals surface area contributed by atoms with Gasteiger partial charge in [0.15, 0.2) is 0 Å². The summed E-state index contributed by atoms with van der Waals surface area (Å²) in [6.07, 6.45) is 3.15. The van der Waals surface area contributed by atoms with Gasteiger partial charge in [0.2, 0.25) is 0 Å². The van der Waals surface area contributed by atoms with Gasteiger partial charge in [-0.05, 0) is 27.9 Å². The van der Waals surface area contributed by atoms with Crippen LogP contribution < -0.4 is 0 Å². The quantitative estimate of drug-likeness (QED) is 0.365. The average Bonchev–Trinajstić information content (AvgIpc) is 2.50. The first-order valence-electron chi connectivity index (χ1n) is 6.07. The van der Waals surface area contributed by atoms with Gasteiger partial charge < -0.3 is 4.74 Å². The van der Waals surface area contributed by atoms with E-state index in [-0.39, 0.29) is 0 Å². The highest BCUT2D eigenvalue weighted by molar-refractivity contribution is 14.1. The average molecular weight is 413 g/mol. The fraction of sp³-hybridized carbons (Fsp3) is 0. The molecule has 0 saturated heterocycles. The highest BCUT2D eigenvalue weighted by Gasteiger charge is 2.08. The van der Waals surface area contributed by atoms with Crippen molar-refractivity contribution in [1.29, 1.82) is 0 Å². The van der Waals surface area contributed by atoms with Gasteiger partial charge in [-0.2, -0.15) is 0 Å². The van der Waals surface area contributed by atoms with Crippen LogP contribution in [-0.4, -0.2) is 5.97 Å². The van der Waals surface area contributed by atoms with Gasteiger partial charge in [-0.1, -0.05) is 83.2 Å². The Hall–Kier alpha value is -1.59. The molecule has 0 amide bonds. The van der Waals surface area contributed by atoms with Crippen molar-refractivity contribution in [3.63, 3.8) is 0 Å². The fourth-order valence-electron chi connectivity index (χ4n) is 1.40. The van der Waals surface area contributed by atoms with Crippen LogP contribution in [0.25, 0.3) is 6.08 Å². The lowest BCUT2D eigenvalue weighted by Crippen LogP contribution is -2.00. The standard InChI is InChI=1S/C9H7ClO2.C8H7I/c1-2-12-9(11)7-5-3-4-6-8(7)10;9-7-6-8-4-2-1-3-5-8/h2-6H,1H2;1-7H. The predicted octanol–water partition coefficient (Wildman–Crippen LogP) is 5.73. The predicted molar refractivity (Wildman–Crippen MR) is 96.6 cm³/mol. The molecular weight excluding hydrogens is 399 g/mol. The first-order valence-corrected chi connectivity index (χ1v) is 7.69. The zero-order chi connectivity index (χ0) is 15.5. The minimum atomic E-state index is -0.490. The summed E-state index contributed by atoms with van der Waals surface area (Å²) in [5.41, 5.74) is 1.60. The van der Waals surface area contributed by atoms with Gasteiger partial charge in [0.25, 0.3) is 0 Å². The first kappa shape index (κ1) is 17.5. The van der Waals surface area contributed by atoms with Crippen molar-refractivity contribution in [2.75, 3.05) is 0 Å². The van der Waals surface area contributed by atoms with Crippen LogP contribution in [0.1, 0.15) is 15.9 Å². The molecule has 0 aromatic heterocycles. The molecule has 0 aliphatic heterocycles. The molecule has 108 valence electrons. The second-order valence-corrected chi connectivity index (χ2v) is 4.88. The zero-order valence-electron chi connectivity index (χ0n) is 11.2. The molecule has 0 heterocycles. The van der Waals surface area contributed by atoms with E-state index in [1.54, 1.807) is 24.3 Å². The van der Waals surface area contributed by atoms with Crippen molar-refractivity contribution in [3.05, 3.63) is 87.7 Å². The van der Waals surface area contributed by atoms with Crippen LogP contribution in [0.3, 0.4) is 0 Å². The van der Waals surface area contributed by atoms with E-state index in [4.69, 9.17) is 11.6 Å². The van der Waals surface area contributed by atoms with Gasteiger partial charge in [-0.15, -0.1) is 0 Å². The molecule has 2 nitrogen and oxygen atoms in total. The second kappa shape index (κ2) is 10.2. The molecule has 0 fully saturated rings. The Morgan fingerprint density at radius 1 is 1.10 bits per heavy atom. The molecule has 4 heteroatoms. The normalized spacial score (nSPS) is 9.62. The van der Waals surface area contributed by atoms with E-state index < -0.39 is 5.97 Å². The number of hydrogen-bond donors (Lipinski definition) is 0. The van der Waals surface area contributed by atoms with E-state index in [1.807, 2.05) is 22.3 Å². The summed E-state index contributed by atoms with van der Waals surface area (Å²) >= 11 is 7.93. The van der Waals surface area contributed by atoms with E-state index in [2.05, 4.69) is 52.1 Å². The number of rotatable bonds is 3. The molecule has 0 N–H and O–H groups in total. The minimum absolute atomic E-state index is 0.346. The van der Waals surface area contributed by atoms with Gasteiger partial charge >= 0.3 is 5.97 Å². The summed E-state index contributed by atoms with van der Waals surface area (Å²) in [5, 5.41) is 0.379. The van der Waals surface area contributed by atoms with Crippen LogP contribution in [0.2, 0.25) is 5.02 Å². The second-order valence-electron chi connectivity index (χ2n) is 3.76. The highest BCUT2D eigenvalue weighted by Crippen LogP contribution is 2.15. The number of benzene rings is 2. The Bertz CT molecular complexity index is 609. The first-order chi connectivity index (χ1) is 10.2. The third-order valence-corrected chi connectivity index (χ3v) is 3.03. The number of carbonyl (C=O) groups is 1. The monoisotopic (exact) mass is 412 g/mol. The Kier molecular flexibility index (Phi) is 8.47. The summed E-state index contributed by atoms with van der Waals surface area (Å²) in [6.45, 7) is 3.27. The van der Waals surface area contributed by atoms with Gasteiger partial charge in [-0.3, -0.25) is 0 Å². The molecule has 21 heavy (non-hydrogen) atoms. The lowest BCUT2D eigenvalue weighted by atomic mass is 10.2. The summed E-state index contributed by atoms with van der Waals surface area (Å²) in [6, 6.07) is 16.9. The SMILES string of the molecule is C=COC(=O)c1ccccc1Cl.IC=Cc1ccccc1. The van der Waals surface area contributed by atoms with Crippen LogP contribution >= 0.6 is 34.2 Å². The van der Waals surface area contributed by atoms with Crippen molar-refractivity contribution in [2.45, 2.75) is 0 Å².